The minimum atomic E-state index is 0.195. The van der Waals surface area contributed by atoms with E-state index in [1.807, 2.05) is 0 Å². The molecule has 116 valence electrons. The van der Waals surface area contributed by atoms with Gasteiger partial charge in [-0.3, -0.25) is 11.3 Å². The van der Waals surface area contributed by atoms with Crippen molar-refractivity contribution >= 4 is 11.8 Å². The van der Waals surface area contributed by atoms with Gasteiger partial charge in [-0.25, -0.2) is 0 Å². The molecular weight excluding hydrogens is 280 g/mol. The van der Waals surface area contributed by atoms with Crippen LogP contribution in [-0.2, 0) is 11.2 Å². The van der Waals surface area contributed by atoms with E-state index in [2.05, 4.69) is 41.5 Å². The monoisotopic (exact) mass is 306 g/mol. The Kier molecular flexibility index (Phi) is 5.58. The zero-order chi connectivity index (χ0) is 14.5. The molecule has 2 unspecified atom stereocenters. The molecule has 1 saturated carbocycles. The maximum Gasteiger partial charge on any atom is 0.0843 e. The van der Waals surface area contributed by atoms with Crippen LogP contribution in [0.2, 0.25) is 0 Å². The summed E-state index contributed by atoms with van der Waals surface area (Å²) in [7, 11) is 0. The van der Waals surface area contributed by atoms with E-state index in [9.17, 15) is 0 Å². The van der Waals surface area contributed by atoms with Crippen molar-refractivity contribution in [3.63, 3.8) is 0 Å². The molecule has 21 heavy (non-hydrogen) atoms. The van der Waals surface area contributed by atoms with Crippen molar-refractivity contribution in [1.82, 2.24) is 5.43 Å². The van der Waals surface area contributed by atoms with E-state index in [4.69, 9.17) is 10.6 Å². The predicted molar refractivity (Wildman–Crippen MR) is 89.3 cm³/mol. The number of hydrazine groups is 1. The van der Waals surface area contributed by atoms with Crippen LogP contribution >= 0.6 is 11.8 Å². The van der Waals surface area contributed by atoms with Crippen molar-refractivity contribution in [3.05, 3.63) is 35.4 Å². The number of thioether (sulfide) groups is 1. The Labute approximate surface area is 132 Å². The van der Waals surface area contributed by atoms with Crippen molar-refractivity contribution in [2.75, 3.05) is 12.4 Å². The smallest absolute Gasteiger partial charge is 0.0843 e. The molecule has 0 radical (unpaired) electrons. The van der Waals surface area contributed by atoms with E-state index >= 15 is 0 Å². The van der Waals surface area contributed by atoms with Gasteiger partial charge in [-0.05, 0) is 36.8 Å². The van der Waals surface area contributed by atoms with Gasteiger partial charge in [0, 0.05) is 17.0 Å². The third kappa shape index (κ3) is 4.01. The molecule has 1 aliphatic carbocycles. The molecule has 4 heteroatoms. The first-order valence-corrected chi connectivity index (χ1v) is 9.19. The molecule has 3 nitrogen and oxygen atoms in total. The zero-order valence-corrected chi connectivity index (χ0v) is 13.4. The van der Waals surface area contributed by atoms with Crippen LogP contribution in [0.5, 0.6) is 0 Å². The van der Waals surface area contributed by atoms with E-state index in [0.29, 0.717) is 6.04 Å². The Hall–Kier alpha value is -0.550. The maximum absolute atomic E-state index is 6.00. The molecule has 1 aromatic rings. The standard InChI is InChI=1S/C17H26N2OS/c18-19-14(12-21-15-6-2-3-7-15)11-17-16-8-4-1-5-13(16)9-10-20-17/h1,4-5,8,14-15,17,19H,2-3,6-7,9-12,18H2. The van der Waals surface area contributed by atoms with Crippen LogP contribution in [-0.4, -0.2) is 23.7 Å². The average Bonchev–Trinajstić information content (AvgIpc) is 3.05. The first kappa shape index (κ1) is 15.3. The Morgan fingerprint density at radius 3 is 2.90 bits per heavy atom. The number of rotatable bonds is 6. The van der Waals surface area contributed by atoms with Crippen LogP contribution < -0.4 is 11.3 Å². The predicted octanol–water partition coefficient (Wildman–Crippen LogP) is 3.20. The van der Waals surface area contributed by atoms with Gasteiger partial charge in [0.25, 0.3) is 0 Å². The molecule has 0 amide bonds. The summed E-state index contributed by atoms with van der Waals surface area (Å²) in [5, 5.41) is 0.848. The lowest BCUT2D eigenvalue weighted by atomic mass is 9.94. The molecule has 0 spiro atoms. The minimum Gasteiger partial charge on any atom is -0.373 e. The highest BCUT2D eigenvalue weighted by Crippen LogP contribution is 2.33. The molecule has 1 fully saturated rings. The molecule has 0 saturated heterocycles. The normalized spacial score (nSPS) is 24.0. The second-order valence-electron chi connectivity index (χ2n) is 6.15. The first-order chi connectivity index (χ1) is 10.4. The van der Waals surface area contributed by atoms with E-state index in [-0.39, 0.29) is 6.10 Å². The highest BCUT2D eigenvalue weighted by atomic mass is 32.2. The van der Waals surface area contributed by atoms with Gasteiger partial charge in [0.2, 0.25) is 0 Å². The number of fused-ring (bicyclic) bond motifs is 1. The fourth-order valence-electron chi connectivity index (χ4n) is 3.42. The molecule has 3 N–H and O–H groups in total. The third-order valence-electron chi connectivity index (χ3n) is 4.66. The largest absolute Gasteiger partial charge is 0.373 e. The maximum atomic E-state index is 6.00. The van der Waals surface area contributed by atoms with Gasteiger partial charge in [0.1, 0.15) is 0 Å². The van der Waals surface area contributed by atoms with Crippen molar-refractivity contribution in [3.8, 4) is 0 Å². The van der Waals surface area contributed by atoms with Crippen LogP contribution in [0.25, 0.3) is 0 Å². The van der Waals surface area contributed by atoms with Crippen LogP contribution in [0.3, 0.4) is 0 Å². The fourth-order valence-corrected chi connectivity index (χ4v) is 4.83. The van der Waals surface area contributed by atoms with Crippen LogP contribution in [0.15, 0.2) is 24.3 Å². The topological polar surface area (TPSA) is 47.3 Å². The average molecular weight is 306 g/mol. The Morgan fingerprint density at radius 2 is 2.10 bits per heavy atom. The van der Waals surface area contributed by atoms with Gasteiger partial charge < -0.3 is 4.74 Å². The van der Waals surface area contributed by atoms with Gasteiger partial charge in [-0.2, -0.15) is 11.8 Å². The molecule has 0 bridgehead atoms. The first-order valence-electron chi connectivity index (χ1n) is 8.14. The van der Waals surface area contributed by atoms with E-state index in [1.165, 1.54) is 36.8 Å². The van der Waals surface area contributed by atoms with Crippen molar-refractivity contribution in [2.24, 2.45) is 5.84 Å². The van der Waals surface area contributed by atoms with Crippen molar-refractivity contribution in [2.45, 2.75) is 55.9 Å². The van der Waals surface area contributed by atoms with E-state index in [1.54, 1.807) is 0 Å². The number of benzene rings is 1. The minimum absolute atomic E-state index is 0.195. The molecule has 1 aromatic carbocycles. The second kappa shape index (κ2) is 7.63. The van der Waals surface area contributed by atoms with Crippen LogP contribution in [0.1, 0.15) is 49.3 Å². The molecular formula is C17H26N2OS. The Morgan fingerprint density at radius 1 is 1.29 bits per heavy atom. The van der Waals surface area contributed by atoms with Gasteiger partial charge in [0.15, 0.2) is 0 Å². The summed E-state index contributed by atoms with van der Waals surface area (Å²) >= 11 is 2.09. The quantitative estimate of drug-likeness (QED) is 0.626. The summed E-state index contributed by atoms with van der Waals surface area (Å²) in [5.41, 5.74) is 5.80. The summed E-state index contributed by atoms with van der Waals surface area (Å²) < 4.78 is 6.00. The molecule has 2 atom stereocenters. The summed E-state index contributed by atoms with van der Waals surface area (Å²) in [4.78, 5) is 0. The molecule has 0 aromatic heterocycles. The van der Waals surface area contributed by atoms with Gasteiger partial charge in [0.05, 0.1) is 12.7 Å². The van der Waals surface area contributed by atoms with Crippen molar-refractivity contribution in [1.29, 1.82) is 0 Å². The number of hydrogen-bond acceptors (Lipinski definition) is 4. The molecule has 3 rings (SSSR count). The van der Waals surface area contributed by atoms with Crippen LogP contribution in [0.4, 0.5) is 0 Å². The number of nitrogens with one attached hydrogen (secondary N) is 1. The SMILES string of the molecule is NNC(CSC1CCCC1)CC1OCCc2ccccc21. The van der Waals surface area contributed by atoms with E-state index in [0.717, 1.165) is 30.5 Å². The number of hydrogen-bond donors (Lipinski definition) is 2. The summed E-state index contributed by atoms with van der Waals surface area (Å²) in [6.07, 6.45) is 7.75. The Bertz CT molecular complexity index is 448. The number of ether oxygens (including phenoxy) is 1. The van der Waals surface area contributed by atoms with E-state index < -0.39 is 0 Å². The van der Waals surface area contributed by atoms with Gasteiger partial charge in [-0.15, -0.1) is 0 Å². The summed E-state index contributed by atoms with van der Waals surface area (Å²) in [5.74, 6) is 6.86. The van der Waals surface area contributed by atoms with Crippen molar-refractivity contribution < 1.29 is 4.74 Å². The highest BCUT2D eigenvalue weighted by Gasteiger charge is 2.25. The molecule has 1 heterocycles. The van der Waals surface area contributed by atoms with Gasteiger partial charge in [-0.1, -0.05) is 37.1 Å². The Balaban J connectivity index is 1.56. The molecule has 2 aliphatic rings. The molecule has 1 aliphatic heterocycles. The zero-order valence-electron chi connectivity index (χ0n) is 12.6. The summed E-state index contributed by atoms with van der Waals surface area (Å²) in [6.45, 7) is 0.828. The lowest BCUT2D eigenvalue weighted by Crippen LogP contribution is -2.39. The summed E-state index contributed by atoms with van der Waals surface area (Å²) in [6, 6.07) is 8.99. The second-order valence-corrected chi connectivity index (χ2v) is 7.48. The highest BCUT2D eigenvalue weighted by molar-refractivity contribution is 7.99. The number of nitrogens with two attached hydrogens (primary N) is 1. The lowest BCUT2D eigenvalue weighted by molar-refractivity contribution is 0.0310. The van der Waals surface area contributed by atoms with Gasteiger partial charge >= 0.3 is 0 Å². The van der Waals surface area contributed by atoms with Crippen LogP contribution in [0, 0.1) is 0 Å². The third-order valence-corrected chi connectivity index (χ3v) is 6.20. The fraction of sp³-hybridized carbons (Fsp3) is 0.647. The lowest BCUT2D eigenvalue weighted by Gasteiger charge is -2.29.